The molecule has 7 heteroatoms. The molecule has 41 heavy (non-hydrogen) atoms. The monoisotopic (exact) mass is 528 g/mol. The molecule has 0 aliphatic carbocycles. The van der Waals surface area contributed by atoms with E-state index in [9.17, 15) is 0 Å². The highest BCUT2D eigenvalue weighted by Crippen LogP contribution is 2.36. The van der Waals surface area contributed by atoms with Crippen LogP contribution < -0.4 is 4.74 Å². The molecule has 0 bridgehead atoms. The molecule has 0 aliphatic heterocycles. The normalized spacial score (nSPS) is 11.9. The molecule has 192 valence electrons. The molecule has 0 spiro atoms. The van der Waals surface area contributed by atoms with E-state index < -0.39 is 0 Å². The van der Waals surface area contributed by atoms with Gasteiger partial charge in [-0.2, -0.15) is 0 Å². The minimum absolute atomic E-state index is 0.720. The van der Waals surface area contributed by atoms with Crippen molar-refractivity contribution in [1.82, 2.24) is 28.7 Å². The lowest BCUT2D eigenvalue weighted by molar-refractivity contribution is 0.484. The van der Waals surface area contributed by atoms with Gasteiger partial charge in [0.2, 0.25) is 0 Å². The third kappa shape index (κ3) is 3.26. The van der Waals surface area contributed by atoms with Crippen molar-refractivity contribution in [3.63, 3.8) is 0 Å². The first-order chi connectivity index (χ1) is 20.3. The van der Waals surface area contributed by atoms with Crippen LogP contribution >= 0.6 is 0 Å². The Bertz CT molecular complexity index is 2460. The predicted octanol–water partition coefficient (Wildman–Crippen LogP) is 7.84. The lowest BCUT2D eigenvalue weighted by Gasteiger charge is -2.13. The van der Waals surface area contributed by atoms with Crippen LogP contribution in [0.25, 0.3) is 66.0 Å². The van der Waals surface area contributed by atoms with Gasteiger partial charge in [0.25, 0.3) is 0 Å². The van der Waals surface area contributed by atoms with Gasteiger partial charge in [0.1, 0.15) is 28.3 Å². The molecule has 9 aromatic rings. The number of hydrogen-bond acceptors (Lipinski definition) is 5. The van der Waals surface area contributed by atoms with Gasteiger partial charge < -0.3 is 4.74 Å². The molecule has 5 aromatic heterocycles. The summed E-state index contributed by atoms with van der Waals surface area (Å²) in [6.45, 7) is 0. The molecule has 0 saturated carbocycles. The molecule has 0 aliphatic rings. The maximum Gasteiger partial charge on any atom is 0.165 e. The lowest BCUT2D eigenvalue weighted by Crippen LogP contribution is -1.95. The smallest absolute Gasteiger partial charge is 0.165 e. The Kier molecular flexibility index (Phi) is 4.48. The zero-order valence-corrected chi connectivity index (χ0v) is 21.6. The molecule has 4 aromatic carbocycles. The zero-order valence-electron chi connectivity index (χ0n) is 21.6. The summed E-state index contributed by atoms with van der Waals surface area (Å²) in [6.07, 6.45) is 11.0. The number of rotatable bonds is 3. The number of ether oxygens (including phenoxy) is 1. The summed E-state index contributed by atoms with van der Waals surface area (Å²) in [5, 5.41) is 5.27. The Morgan fingerprint density at radius 1 is 0.463 bits per heavy atom. The van der Waals surface area contributed by atoms with Gasteiger partial charge >= 0.3 is 0 Å². The summed E-state index contributed by atoms with van der Waals surface area (Å²) in [5.41, 5.74) is 6.80. The Labute approximate surface area is 233 Å². The van der Waals surface area contributed by atoms with E-state index in [1.54, 1.807) is 18.6 Å². The van der Waals surface area contributed by atoms with Gasteiger partial charge in [-0.3, -0.25) is 13.8 Å². The lowest BCUT2D eigenvalue weighted by atomic mass is 10.0. The first kappa shape index (κ1) is 22.0. The van der Waals surface area contributed by atoms with E-state index in [1.165, 1.54) is 11.1 Å². The maximum atomic E-state index is 6.44. The minimum Gasteiger partial charge on any atom is -0.457 e. The fraction of sp³-hybridized carbons (Fsp3) is 0. The van der Waals surface area contributed by atoms with Crippen LogP contribution in [0.15, 0.2) is 122 Å². The first-order valence-electron chi connectivity index (χ1n) is 13.4. The highest BCUT2D eigenvalue weighted by Gasteiger charge is 2.14. The van der Waals surface area contributed by atoms with E-state index in [0.717, 1.165) is 66.4 Å². The standard InChI is InChI=1S/C34H20N6O/c1-2-4-21(5-3-1)22-6-9-26-25-10-7-23(19-28(25)32-37-14-16-39(32)30(26)18-22)41-24-8-11-27-29(20-24)33-38-15-17-40(33)34-31(27)35-12-13-36-34/h1-20H. The van der Waals surface area contributed by atoms with Crippen LogP contribution in [-0.4, -0.2) is 28.7 Å². The topological polar surface area (TPSA) is 69.6 Å². The summed E-state index contributed by atoms with van der Waals surface area (Å²) >= 11 is 0. The number of benzene rings is 4. The van der Waals surface area contributed by atoms with Crippen molar-refractivity contribution in [3.05, 3.63) is 122 Å². The van der Waals surface area contributed by atoms with E-state index in [-0.39, 0.29) is 0 Å². The molecule has 0 N–H and O–H groups in total. The summed E-state index contributed by atoms with van der Waals surface area (Å²) < 4.78 is 10.6. The van der Waals surface area contributed by atoms with Crippen molar-refractivity contribution in [2.45, 2.75) is 0 Å². The van der Waals surface area contributed by atoms with Crippen LogP contribution in [0.5, 0.6) is 11.5 Å². The third-order valence-corrected chi connectivity index (χ3v) is 7.80. The number of imidazole rings is 2. The molecule has 0 saturated heterocycles. The number of aromatic nitrogens is 6. The second-order valence-electron chi connectivity index (χ2n) is 10.1. The average molecular weight is 529 g/mol. The molecule has 0 unspecified atom stereocenters. The van der Waals surface area contributed by atoms with E-state index in [0.29, 0.717) is 0 Å². The molecular weight excluding hydrogens is 508 g/mol. The zero-order chi connectivity index (χ0) is 26.9. The average Bonchev–Trinajstić information content (AvgIpc) is 3.73. The fourth-order valence-corrected chi connectivity index (χ4v) is 5.96. The molecular formula is C34H20N6O. The third-order valence-electron chi connectivity index (χ3n) is 7.80. The number of fused-ring (bicyclic) bond motifs is 12. The van der Waals surface area contributed by atoms with E-state index in [1.807, 2.05) is 53.3 Å². The largest absolute Gasteiger partial charge is 0.457 e. The highest BCUT2D eigenvalue weighted by molar-refractivity contribution is 6.13. The fourth-order valence-electron chi connectivity index (χ4n) is 5.96. The Hall–Kier alpha value is -5.82. The SMILES string of the molecule is c1ccc(-c2ccc3c4ccc(Oc5ccc6c(c5)c5nccn5c5nccnc65)cc4c4nccn4c3c2)cc1. The Balaban J connectivity index is 1.18. The molecule has 5 heterocycles. The summed E-state index contributed by atoms with van der Waals surface area (Å²) in [7, 11) is 0. The second-order valence-corrected chi connectivity index (χ2v) is 10.1. The van der Waals surface area contributed by atoms with Crippen LogP contribution in [0.4, 0.5) is 0 Å². The van der Waals surface area contributed by atoms with Gasteiger partial charge in [0.05, 0.1) is 5.52 Å². The predicted molar refractivity (Wildman–Crippen MR) is 162 cm³/mol. The summed E-state index contributed by atoms with van der Waals surface area (Å²) in [5.74, 6) is 1.46. The molecule has 0 amide bonds. The molecule has 0 fully saturated rings. The van der Waals surface area contributed by atoms with Crippen molar-refractivity contribution in [1.29, 1.82) is 0 Å². The van der Waals surface area contributed by atoms with Gasteiger partial charge in [0.15, 0.2) is 5.65 Å². The van der Waals surface area contributed by atoms with Gasteiger partial charge in [0, 0.05) is 58.7 Å². The minimum atomic E-state index is 0.720. The molecule has 9 rings (SSSR count). The van der Waals surface area contributed by atoms with E-state index in [4.69, 9.17) is 9.72 Å². The Morgan fingerprint density at radius 3 is 1.95 bits per heavy atom. The van der Waals surface area contributed by atoms with Crippen molar-refractivity contribution in [2.24, 2.45) is 0 Å². The number of pyridine rings is 2. The van der Waals surface area contributed by atoms with E-state index >= 15 is 0 Å². The summed E-state index contributed by atoms with van der Waals surface area (Å²) in [4.78, 5) is 18.5. The Morgan fingerprint density at radius 2 is 1.12 bits per heavy atom. The van der Waals surface area contributed by atoms with Gasteiger partial charge in [-0.05, 0) is 59.0 Å². The van der Waals surface area contributed by atoms with Crippen LogP contribution in [0.1, 0.15) is 0 Å². The van der Waals surface area contributed by atoms with Crippen LogP contribution in [0, 0.1) is 0 Å². The van der Waals surface area contributed by atoms with Crippen molar-refractivity contribution < 1.29 is 4.74 Å². The first-order valence-corrected chi connectivity index (χ1v) is 13.4. The van der Waals surface area contributed by atoms with Crippen LogP contribution in [0.3, 0.4) is 0 Å². The quantitative estimate of drug-likeness (QED) is 0.219. The van der Waals surface area contributed by atoms with Gasteiger partial charge in [-0.25, -0.2) is 15.0 Å². The van der Waals surface area contributed by atoms with Gasteiger partial charge in [-0.15, -0.1) is 0 Å². The molecule has 7 nitrogen and oxygen atoms in total. The number of hydrogen-bond donors (Lipinski definition) is 0. The second kappa shape index (κ2) is 8.34. The van der Waals surface area contributed by atoms with Crippen molar-refractivity contribution in [3.8, 4) is 22.6 Å². The van der Waals surface area contributed by atoms with E-state index in [2.05, 4.69) is 73.9 Å². The van der Waals surface area contributed by atoms with Crippen molar-refractivity contribution in [2.75, 3.05) is 0 Å². The van der Waals surface area contributed by atoms with Crippen molar-refractivity contribution >= 4 is 54.9 Å². The van der Waals surface area contributed by atoms with Gasteiger partial charge in [-0.1, -0.05) is 42.5 Å². The van der Waals surface area contributed by atoms with Crippen LogP contribution in [-0.2, 0) is 0 Å². The molecule has 0 atom stereocenters. The highest BCUT2D eigenvalue weighted by atomic mass is 16.5. The maximum absolute atomic E-state index is 6.44. The number of nitrogens with zero attached hydrogens (tertiary/aromatic N) is 6. The van der Waals surface area contributed by atoms with Crippen LogP contribution in [0.2, 0.25) is 0 Å². The molecule has 0 radical (unpaired) electrons. The summed E-state index contributed by atoms with van der Waals surface area (Å²) in [6, 6.07) is 29.3.